The standard InChI is InChI=1S/C20H17FN2O6S/c21-18-15-7-6-13(20(25)26)8-14(15)9-16(29-11-12-4-2-1-3-5-12)19(18)23-10-17(24)22-30(23,27)28/h1-9,27-28H,10-11H2,(H,22,24)(H,25,26). The molecular weight excluding hydrogens is 415 g/mol. The number of benzene rings is 3. The van der Waals surface area contributed by atoms with E-state index in [-0.39, 0.29) is 34.4 Å². The highest BCUT2D eigenvalue weighted by Crippen LogP contribution is 2.51. The van der Waals surface area contributed by atoms with Crippen molar-refractivity contribution in [2.75, 3.05) is 10.8 Å². The summed E-state index contributed by atoms with van der Waals surface area (Å²) >= 11 is 0. The first-order chi connectivity index (χ1) is 14.3. The van der Waals surface area contributed by atoms with E-state index < -0.39 is 35.2 Å². The van der Waals surface area contributed by atoms with Crippen molar-refractivity contribution < 1.29 is 32.9 Å². The number of ether oxygens (including phenoxy) is 1. The molecule has 1 aliphatic heterocycles. The third-order valence-electron chi connectivity index (χ3n) is 4.59. The van der Waals surface area contributed by atoms with Crippen LogP contribution in [0, 0.1) is 5.82 Å². The van der Waals surface area contributed by atoms with Crippen molar-refractivity contribution in [1.29, 1.82) is 0 Å². The number of nitrogens with one attached hydrogen (secondary N) is 1. The van der Waals surface area contributed by atoms with Gasteiger partial charge >= 0.3 is 5.97 Å². The zero-order chi connectivity index (χ0) is 21.5. The SMILES string of the molecule is O=C1CN(c2c(OCc3ccccc3)cc3cc(C(=O)O)ccc3c2F)S(O)(O)N1. The largest absolute Gasteiger partial charge is 0.487 e. The molecule has 4 N–H and O–H groups in total. The van der Waals surface area contributed by atoms with Gasteiger partial charge in [0.2, 0.25) is 0 Å². The lowest BCUT2D eigenvalue weighted by molar-refractivity contribution is -0.117. The van der Waals surface area contributed by atoms with Gasteiger partial charge in [-0.1, -0.05) is 36.4 Å². The molecule has 3 aromatic rings. The number of amides is 1. The van der Waals surface area contributed by atoms with E-state index >= 15 is 4.39 Å². The summed E-state index contributed by atoms with van der Waals surface area (Å²) in [5, 5.41) is 9.53. The lowest BCUT2D eigenvalue weighted by Gasteiger charge is -2.36. The predicted molar refractivity (Wildman–Crippen MR) is 110 cm³/mol. The lowest BCUT2D eigenvalue weighted by Crippen LogP contribution is -2.26. The number of carboxylic acids is 1. The average Bonchev–Trinajstić information content (AvgIpc) is 2.98. The quantitative estimate of drug-likeness (QED) is 0.484. The van der Waals surface area contributed by atoms with E-state index in [1.54, 1.807) is 24.3 Å². The third kappa shape index (κ3) is 3.63. The molecule has 8 nitrogen and oxygen atoms in total. The maximum Gasteiger partial charge on any atom is 0.335 e. The van der Waals surface area contributed by atoms with Crippen LogP contribution < -0.4 is 13.8 Å². The Morgan fingerprint density at radius 2 is 1.90 bits per heavy atom. The van der Waals surface area contributed by atoms with Crippen LogP contribution in [0.4, 0.5) is 10.1 Å². The molecule has 3 aromatic carbocycles. The second-order valence-corrected chi connectivity index (χ2v) is 8.32. The maximum absolute atomic E-state index is 15.5. The molecular formula is C20H17FN2O6S. The number of fused-ring (bicyclic) bond motifs is 1. The summed E-state index contributed by atoms with van der Waals surface area (Å²) < 4.78 is 44.6. The Balaban J connectivity index is 1.86. The summed E-state index contributed by atoms with van der Waals surface area (Å²) in [5.74, 6) is -2.76. The zero-order valence-corrected chi connectivity index (χ0v) is 16.2. The number of carbonyl (C=O) groups is 2. The van der Waals surface area contributed by atoms with Crippen LogP contribution in [-0.4, -0.2) is 32.6 Å². The minimum atomic E-state index is -3.79. The Hall–Kier alpha value is -3.34. The molecule has 0 atom stereocenters. The summed E-state index contributed by atoms with van der Waals surface area (Å²) in [5.41, 5.74) is 0.455. The highest BCUT2D eigenvalue weighted by molar-refractivity contribution is 8.24. The Kier molecular flexibility index (Phi) is 4.98. The van der Waals surface area contributed by atoms with Crippen molar-refractivity contribution in [3.63, 3.8) is 0 Å². The van der Waals surface area contributed by atoms with Gasteiger partial charge in [0.15, 0.2) is 5.82 Å². The molecule has 10 heteroatoms. The number of aromatic carboxylic acids is 1. The van der Waals surface area contributed by atoms with Gasteiger partial charge in [-0.2, -0.15) is 0 Å². The molecule has 0 aromatic heterocycles. The first kappa shape index (κ1) is 20.0. The molecule has 1 amide bonds. The van der Waals surface area contributed by atoms with Gasteiger partial charge in [0.05, 0.1) is 5.56 Å². The van der Waals surface area contributed by atoms with E-state index in [2.05, 4.69) is 0 Å². The van der Waals surface area contributed by atoms with Crippen molar-refractivity contribution in [3.8, 4) is 5.75 Å². The molecule has 30 heavy (non-hydrogen) atoms. The highest BCUT2D eigenvalue weighted by Gasteiger charge is 2.38. The summed E-state index contributed by atoms with van der Waals surface area (Å²) in [6, 6.07) is 14.3. The summed E-state index contributed by atoms with van der Waals surface area (Å²) in [6.07, 6.45) is 0. The summed E-state index contributed by atoms with van der Waals surface area (Å²) in [4.78, 5) is 23.0. The fourth-order valence-electron chi connectivity index (χ4n) is 3.21. The summed E-state index contributed by atoms with van der Waals surface area (Å²) in [7, 11) is -3.79. The van der Waals surface area contributed by atoms with E-state index in [1.807, 2.05) is 10.8 Å². The van der Waals surface area contributed by atoms with Gasteiger partial charge in [0.1, 0.15) is 24.6 Å². The molecule has 1 fully saturated rings. The van der Waals surface area contributed by atoms with Crippen LogP contribution in [0.3, 0.4) is 0 Å². The fourth-order valence-corrected chi connectivity index (χ4v) is 4.41. The minimum absolute atomic E-state index is 0.0361. The van der Waals surface area contributed by atoms with Crippen molar-refractivity contribution in [3.05, 3.63) is 71.5 Å². The number of hydrogen-bond donors (Lipinski definition) is 4. The van der Waals surface area contributed by atoms with Crippen molar-refractivity contribution >= 4 is 39.3 Å². The molecule has 1 heterocycles. The van der Waals surface area contributed by atoms with Gasteiger partial charge in [-0.3, -0.25) is 13.9 Å². The van der Waals surface area contributed by atoms with Gasteiger partial charge in [0, 0.05) is 5.39 Å². The zero-order valence-electron chi connectivity index (χ0n) is 15.4. The summed E-state index contributed by atoms with van der Waals surface area (Å²) in [6.45, 7) is -0.425. The predicted octanol–water partition coefficient (Wildman–Crippen LogP) is 3.77. The normalized spacial score (nSPS) is 16.4. The number of nitrogens with zero attached hydrogens (tertiary/aromatic N) is 1. The van der Waals surface area contributed by atoms with Gasteiger partial charge in [0.25, 0.3) is 5.91 Å². The third-order valence-corrected chi connectivity index (χ3v) is 6.02. The van der Waals surface area contributed by atoms with Crippen LogP contribution in [0.25, 0.3) is 10.8 Å². The number of halogens is 1. The van der Waals surface area contributed by atoms with Crippen LogP contribution in [0.2, 0.25) is 0 Å². The first-order valence-electron chi connectivity index (χ1n) is 8.79. The maximum atomic E-state index is 15.5. The number of rotatable bonds is 5. The number of anilines is 1. The Labute approximate surface area is 172 Å². The Bertz CT molecular complexity index is 1150. The molecule has 0 aliphatic carbocycles. The van der Waals surface area contributed by atoms with Gasteiger partial charge in [-0.25, -0.2) is 18.2 Å². The van der Waals surface area contributed by atoms with E-state index in [1.165, 1.54) is 24.3 Å². The Morgan fingerprint density at radius 1 is 1.17 bits per heavy atom. The van der Waals surface area contributed by atoms with E-state index in [4.69, 9.17) is 4.74 Å². The topological polar surface area (TPSA) is 119 Å². The molecule has 0 bridgehead atoms. The fraction of sp³-hybridized carbons (Fsp3) is 0.100. The van der Waals surface area contributed by atoms with Gasteiger partial charge < -0.3 is 9.84 Å². The number of carbonyl (C=O) groups excluding carboxylic acids is 1. The first-order valence-corrected chi connectivity index (χ1v) is 10.3. The van der Waals surface area contributed by atoms with Crippen LogP contribution in [0.5, 0.6) is 5.75 Å². The Morgan fingerprint density at radius 3 is 2.53 bits per heavy atom. The molecule has 0 radical (unpaired) electrons. The van der Waals surface area contributed by atoms with E-state index in [9.17, 15) is 23.8 Å². The molecule has 1 saturated heterocycles. The second-order valence-electron chi connectivity index (χ2n) is 6.63. The second kappa shape index (κ2) is 7.48. The average molecular weight is 432 g/mol. The van der Waals surface area contributed by atoms with Gasteiger partial charge in [-0.05, 0) is 40.1 Å². The highest BCUT2D eigenvalue weighted by atomic mass is 32.3. The van der Waals surface area contributed by atoms with Crippen LogP contribution in [0.1, 0.15) is 15.9 Å². The van der Waals surface area contributed by atoms with E-state index in [0.29, 0.717) is 0 Å². The lowest BCUT2D eigenvalue weighted by atomic mass is 10.0. The van der Waals surface area contributed by atoms with Crippen molar-refractivity contribution in [2.45, 2.75) is 6.61 Å². The number of hydrogen-bond acceptors (Lipinski definition) is 6. The van der Waals surface area contributed by atoms with Crippen LogP contribution in [0.15, 0.2) is 54.6 Å². The molecule has 0 saturated carbocycles. The van der Waals surface area contributed by atoms with Crippen LogP contribution >= 0.6 is 11.0 Å². The van der Waals surface area contributed by atoms with Gasteiger partial charge in [-0.15, -0.1) is 0 Å². The molecule has 1 aliphatic rings. The molecule has 4 rings (SSSR count). The van der Waals surface area contributed by atoms with Crippen molar-refractivity contribution in [1.82, 2.24) is 4.72 Å². The number of carboxylic acid groups (broad SMARTS) is 1. The van der Waals surface area contributed by atoms with E-state index in [0.717, 1.165) is 9.87 Å². The smallest absolute Gasteiger partial charge is 0.335 e. The minimum Gasteiger partial charge on any atom is -0.487 e. The molecule has 156 valence electrons. The molecule has 0 unspecified atom stereocenters. The van der Waals surface area contributed by atoms with Crippen LogP contribution in [-0.2, 0) is 11.4 Å². The van der Waals surface area contributed by atoms with Crippen molar-refractivity contribution in [2.24, 2.45) is 0 Å². The molecule has 0 spiro atoms. The monoisotopic (exact) mass is 432 g/mol.